The van der Waals surface area contributed by atoms with Gasteiger partial charge in [-0.25, -0.2) is 4.98 Å². The fraction of sp³-hybridized carbons (Fsp3) is 0.333. The van der Waals surface area contributed by atoms with Gasteiger partial charge in [-0.15, -0.1) is 0 Å². The van der Waals surface area contributed by atoms with Crippen molar-refractivity contribution in [2.45, 2.75) is 0 Å². The average Bonchev–Trinajstić information content (AvgIpc) is 2.27. The van der Waals surface area contributed by atoms with E-state index in [1.165, 1.54) is 18.0 Å². The summed E-state index contributed by atoms with van der Waals surface area (Å²) in [4.78, 5) is 26.8. The van der Waals surface area contributed by atoms with E-state index < -0.39 is 10.8 Å². The van der Waals surface area contributed by atoms with E-state index in [0.717, 1.165) is 6.20 Å². The number of rotatable bonds is 4. The molecule has 1 aromatic heterocycles. The SMILES string of the molecule is CN(CCN)C(=O)c1cc(Cl)ncc1[N+](=O)[O-]. The minimum absolute atomic E-state index is 0.0279. The minimum atomic E-state index is -0.674. The standard InChI is InChI=1S/C9H11ClN4O3/c1-13(3-2-11)9(15)6-4-8(10)12-5-7(6)14(16)17/h4-5H,2-3,11H2,1H3. The zero-order chi connectivity index (χ0) is 13.0. The summed E-state index contributed by atoms with van der Waals surface area (Å²) >= 11 is 5.62. The first-order chi connectivity index (χ1) is 7.97. The van der Waals surface area contributed by atoms with Crippen LogP contribution in [0, 0.1) is 10.1 Å². The molecule has 0 unspecified atom stereocenters. The van der Waals surface area contributed by atoms with Gasteiger partial charge in [0.05, 0.1) is 4.92 Å². The van der Waals surface area contributed by atoms with Gasteiger partial charge in [0, 0.05) is 20.1 Å². The Labute approximate surface area is 102 Å². The van der Waals surface area contributed by atoms with Gasteiger partial charge in [-0.3, -0.25) is 14.9 Å². The number of nitro groups is 1. The maximum Gasteiger partial charge on any atom is 0.300 e. The maximum atomic E-state index is 11.9. The number of nitrogens with two attached hydrogens (primary N) is 1. The van der Waals surface area contributed by atoms with Crippen LogP contribution >= 0.6 is 11.6 Å². The predicted octanol–water partition coefficient (Wildman–Crippen LogP) is 0.674. The molecule has 0 aliphatic heterocycles. The van der Waals surface area contributed by atoms with E-state index in [-0.39, 0.29) is 22.9 Å². The second kappa shape index (κ2) is 5.55. The van der Waals surface area contributed by atoms with Gasteiger partial charge in [-0.2, -0.15) is 0 Å². The van der Waals surface area contributed by atoms with Crippen LogP contribution in [0.5, 0.6) is 0 Å². The highest BCUT2D eigenvalue weighted by Crippen LogP contribution is 2.21. The third-order valence-electron chi connectivity index (χ3n) is 2.09. The summed E-state index contributed by atoms with van der Waals surface area (Å²) in [5.74, 6) is -0.508. The van der Waals surface area contributed by atoms with Gasteiger partial charge in [-0.05, 0) is 6.07 Å². The molecule has 8 heteroatoms. The van der Waals surface area contributed by atoms with Crippen LogP contribution in [0.2, 0.25) is 5.15 Å². The summed E-state index contributed by atoms with van der Waals surface area (Å²) in [6.07, 6.45) is 0.964. The second-order valence-corrected chi connectivity index (χ2v) is 3.68. The third-order valence-corrected chi connectivity index (χ3v) is 2.29. The first-order valence-electron chi connectivity index (χ1n) is 4.72. The molecule has 0 bridgehead atoms. The molecule has 0 saturated carbocycles. The molecule has 2 N–H and O–H groups in total. The van der Waals surface area contributed by atoms with Gasteiger partial charge < -0.3 is 10.6 Å². The molecule has 1 amide bonds. The number of nitrogens with zero attached hydrogens (tertiary/aromatic N) is 3. The largest absolute Gasteiger partial charge is 0.340 e. The first-order valence-corrected chi connectivity index (χ1v) is 5.10. The lowest BCUT2D eigenvalue weighted by Crippen LogP contribution is -2.32. The molecule has 0 radical (unpaired) electrons. The number of pyridine rings is 1. The Bertz CT molecular complexity index is 452. The smallest absolute Gasteiger partial charge is 0.300 e. The highest BCUT2D eigenvalue weighted by atomic mass is 35.5. The summed E-state index contributed by atoms with van der Waals surface area (Å²) in [5, 5.41) is 10.8. The van der Waals surface area contributed by atoms with Crippen LogP contribution < -0.4 is 5.73 Å². The third kappa shape index (κ3) is 3.11. The fourth-order valence-electron chi connectivity index (χ4n) is 1.24. The molecule has 0 aliphatic rings. The quantitative estimate of drug-likeness (QED) is 0.486. The molecule has 0 spiro atoms. The number of hydrogen-bond acceptors (Lipinski definition) is 5. The van der Waals surface area contributed by atoms with Crippen molar-refractivity contribution in [3.63, 3.8) is 0 Å². The Balaban J connectivity index is 3.15. The Kier molecular flexibility index (Phi) is 4.36. The Morgan fingerprint density at radius 2 is 2.35 bits per heavy atom. The molecule has 0 aliphatic carbocycles. The lowest BCUT2D eigenvalue weighted by molar-refractivity contribution is -0.385. The normalized spacial score (nSPS) is 10.1. The molecular weight excluding hydrogens is 248 g/mol. The van der Waals surface area contributed by atoms with Crippen molar-refractivity contribution < 1.29 is 9.72 Å². The summed E-state index contributed by atoms with van der Waals surface area (Å²) < 4.78 is 0. The zero-order valence-corrected chi connectivity index (χ0v) is 9.85. The molecule has 7 nitrogen and oxygen atoms in total. The van der Waals surface area contributed by atoms with E-state index in [2.05, 4.69) is 4.98 Å². The van der Waals surface area contributed by atoms with E-state index in [1.807, 2.05) is 0 Å². The molecule has 0 saturated heterocycles. The number of halogens is 1. The van der Waals surface area contributed by atoms with Gasteiger partial charge in [0.2, 0.25) is 0 Å². The first kappa shape index (κ1) is 13.3. The zero-order valence-electron chi connectivity index (χ0n) is 9.09. The summed E-state index contributed by atoms with van der Waals surface area (Å²) in [6, 6.07) is 1.18. The van der Waals surface area contributed by atoms with Crippen LogP contribution in [-0.4, -0.2) is 40.9 Å². The van der Waals surface area contributed by atoms with Gasteiger partial charge in [0.15, 0.2) is 0 Å². The number of hydrogen-bond donors (Lipinski definition) is 1. The van der Waals surface area contributed by atoms with E-state index >= 15 is 0 Å². The molecule has 0 atom stereocenters. The number of carbonyl (C=O) groups excluding carboxylic acids is 1. The van der Waals surface area contributed by atoms with Crippen LogP contribution in [-0.2, 0) is 0 Å². The van der Waals surface area contributed by atoms with Gasteiger partial charge in [0.25, 0.3) is 11.6 Å². The summed E-state index contributed by atoms with van der Waals surface area (Å²) in [5.41, 5.74) is 4.84. The van der Waals surface area contributed by atoms with Gasteiger partial charge in [-0.1, -0.05) is 11.6 Å². The van der Waals surface area contributed by atoms with Crippen molar-refractivity contribution in [1.29, 1.82) is 0 Å². The van der Waals surface area contributed by atoms with E-state index in [9.17, 15) is 14.9 Å². The summed E-state index contributed by atoms with van der Waals surface area (Å²) in [6.45, 7) is 0.574. The van der Waals surface area contributed by atoms with Crippen molar-refractivity contribution in [3.8, 4) is 0 Å². The number of aromatic nitrogens is 1. The molecule has 1 heterocycles. The van der Waals surface area contributed by atoms with E-state index in [1.54, 1.807) is 0 Å². The van der Waals surface area contributed by atoms with Crippen molar-refractivity contribution in [2.75, 3.05) is 20.1 Å². The highest BCUT2D eigenvalue weighted by molar-refractivity contribution is 6.29. The molecule has 0 fully saturated rings. The molecule has 1 rings (SSSR count). The topological polar surface area (TPSA) is 102 Å². The van der Waals surface area contributed by atoms with Gasteiger partial charge >= 0.3 is 0 Å². The van der Waals surface area contributed by atoms with Crippen LogP contribution in [0.3, 0.4) is 0 Å². The molecule has 1 aromatic rings. The Morgan fingerprint density at radius 1 is 1.71 bits per heavy atom. The van der Waals surface area contributed by atoms with Crippen molar-refractivity contribution >= 4 is 23.2 Å². The van der Waals surface area contributed by atoms with E-state index in [4.69, 9.17) is 17.3 Å². The highest BCUT2D eigenvalue weighted by Gasteiger charge is 2.23. The lowest BCUT2D eigenvalue weighted by Gasteiger charge is -2.15. The second-order valence-electron chi connectivity index (χ2n) is 3.30. The number of amides is 1. The van der Waals surface area contributed by atoms with Crippen LogP contribution in [0.1, 0.15) is 10.4 Å². The number of likely N-dealkylation sites (N-methyl/N-ethyl adjacent to an activating group) is 1. The molecule has 0 aromatic carbocycles. The summed E-state index contributed by atoms with van der Waals surface area (Å²) in [7, 11) is 1.51. The predicted molar refractivity (Wildman–Crippen MR) is 61.9 cm³/mol. The Hall–Kier alpha value is -1.73. The van der Waals surface area contributed by atoms with Crippen molar-refractivity contribution in [3.05, 3.63) is 33.1 Å². The van der Waals surface area contributed by atoms with E-state index in [0.29, 0.717) is 6.54 Å². The lowest BCUT2D eigenvalue weighted by atomic mass is 10.2. The van der Waals surface area contributed by atoms with Crippen molar-refractivity contribution in [1.82, 2.24) is 9.88 Å². The van der Waals surface area contributed by atoms with Crippen LogP contribution in [0.15, 0.2) is 12.3 Å². The van der Waals surface area contributed by atoms with Gasteiger partial charge in [0.1, 0.15) is 16.9 Å². The molecular formula is C9H11ClN4O3. The number of carbonyl (C=O) groups is 1. The average molecular weight is 259 g/mol. The van der Waals surface area contributed by atoms with Crippen molar-refractivity contribution in [2.24, 2.45) is 5.73 Å². The minimum Gasteiger partial charge on any atom is -0.340 e. The van der Waals surface area contributed by atoms with Crippen LogP contribution in [0.25, 0.3) is 0 Å². The van der Waals surface area contributed by atoms with Crippen LogP contribution in [0.4, 0.5) is 5.69 Å². The monoisotopic (exact) mass is 258 g/mol. The maximum absolute atomic E-state index is 11.9. The molecule has 17 heavy (non-hydrogen) atoms. The Morgan fingerprint density at radius 3 is 2.88 bits per heavy atom. The fourth-order valence-corrected chi connectivity index (χ4v) is 1.40. The molecule has 92 valence electrons.